The summed E-state index contributed by atoms with van der Waals surface area (Å²) < 4.78 is 51.3. The van der Waals surface area contributed by atoms with E-state index in [1.165, 1.54) is 25.1 Å². The molecule has 0 spiro atoms. The van der Waals surface area contributed by atoms with Crippen molar-refractivity contribution in [2.24, 2.45) is 5.11 Å². The van der Waals surface area contributed by atoms with Gasteiger partial charge in [-0.1, -0.05) is 23.3 Å². The van der Waals surface area contributed by atoms with E-state index in [0.29, 0.717) is 0 Å². The van der Waals surface area contributed by atoms with Crippen LogP contribution in [0.2, 0.25) is 0 Å². The first-order valence-electron chi connectivity index (χ1n) is 11.3. The van der Waals surface area contributed by atoms with Crippen molar-refractivity contribution in [3.05, 3.63) is 63.5 Å². The van der Waals surface area contributed by atoms with E-state index in [0.717, 1.165) is 10.8 Å². The normalized spacial score (nSPS) is 25.3. The number of hydrogen-bond acceptors (Lipinski definition) is 11. The van der Waals surface area contributed by atoms with Crippen LogP contribution in [0.3, 0.4) is 0 Å². The van der Waals surface area contributed by atoms with E-state index in [-0.39, 0.29) is 11.6 Å². The SMILES string of the molecule is CC(C)OC(=O)[C@H](C)NP(=O)(OC[C@@]1(N=[N+]=[N-])O[C@@H](n2ccc(N)nc2=O)[C@H](O)[C@@H]1F)Oc1ccccc1. The maximum atomic E-state index is 15.4. The number of benzene rings is 1. The van der Waals surface area contributed by atoms with Crippen LogP contribution in [-0.4, -0.2) is 57.4 Å². The zero-order valence-electron chi connectivity index (χ0n) is 20.6. The number of para-hydroxylation sites is 1. The number of alkyl halides is 1. The Morgan fingerprint density at radius 1 is 1.39 bits per heavy atom. The van der Waals surface area contributed by atoms with Crippen molar-refractivity contribution in [3.63, 3.8) is 0 Å². The van der Waals surface area contributed by atoms with Gasteiger partial charge >= 0.3 is 19.4 Å². The lowest BCUT2D eigenvalue weighted by molar-refractivity contribution is -0.149. The van der Waals surface area contributed by atoms with Gasteiger partial charge in [0.15, 0.2) is 12.4 Å². The molecule has 15 nitrogen and oxygen atoms in total. The number of aliphatic hydroxyl groups is 1. The molecule has 0 bridgehead atoms. The molecule has 1 unspecified atom stereocenters. The molecule has 0 saturated carbocycles. The summed E-state index contributed by atoms with van der Waals surface area (Å²) in [5.74, 6) is -0.848. The van der Waals surface area contributed by atoms with E-state index >= 15 is 4.39 Å². The number of nitrogens with zero attached hydrogens (tertiary/aromatic N) is 5. The second kappa shape index (κ2) is 11.9. The highest BCUT2D eigenvalue weighted by Crippen LogP contribution is 2.48. The van der Waals surface area contributed by atoms with Crippen LogP contribution in [0.15, 0.2) is 52.5 Å². The number of nitrogens with two attached hydrogens (primary N) is 1. The highest BCUT2D eigenvalue weighted by molar-refractivity contribution is 7.52. The largest absolute Gasteiger partial charge is 0.462 e. The molecule has 1 saturated heterocycles. The van der Waals surface area contributed by atoms with Crippen LogP contribution >= 0.6 is 7.75 Å². The Morgan fingerprint density at radius 3 is 2.68 bits per heavy atom. The number of carbonyl (C=O) groups is 1. The van der Waals surface area contributed by atoms with Crippen LogP contribution in [0.25, 0.3) is 10.4 Å². The molecular formula is C21H27FN7O8P. The maximum Gasteiger partial charge on any atom is 0.459 e. The first kappa shape index (κ1) is 29.0. The number of halogens is 1. The fraction of sp³-hybridized carbons (Fsp3) is 0.476. The Hall–Kier alpha value is -3.52. The highest BCUT2D eigenvalue weighted by Gasteiger charge is 2.58. The molecule has 1 aliphatic rings. The number of azide groups is 1. The molecule has 0 amide bonds. The first-order chi connectivity index (χ1) is 17.9. The van der Waals surface area contributed by atoms with Gasteiger partial charge in [-0.25, -0.2) is 13.8 Å². The number of carbonyl (C=O) groups excluding carboxylic acids is 1. The van der Waals surface area contributed by atoms with Crippen LogP contribution in [-0.2, 0) is 23.4 Å². The van der Waals surface area contributed by atoms with Gasteiger partial charge in [0.05, 0.1) is 12.7 Å². The number of rotatable bonds is 11. The zero-order valence-corrected chi connectivity index (χ0v) is 21.5. The van der Waals surface area contributed by atoms with Gasteiger partial charge in [0.1, 0.15) is 23.7 Å². The van der Waals surface area contributed by atoms with Gasteiger partial charge in [0.2, 0.25) is 5.72 Å². The monoisotopic (exact) mass is 555 g/mol. The van der Waals surface area contributed by atoms with Crippen LogP contribution in [0.4, 0.5) is 10.2 Å². The lowest BCUT2D eigenvalue weighted by Crippen LogP contribution is -2.43. The number of hydrogen-bond donors (Lipinski definition) is 3. The average molecular weight is 555 g/mol. The maximum absolute atomic E-state index is 15.4. The number of ether oxygens (including phenoxy) is 2. The summed E-state index contributed by atoms with van der Waals surface area (Å²) in [5, 5.41) is 16.2. The van der Waals surface area contributed by atoms with Crippen LogP contribution in [0.1, 0.15) is 27.0 Å². The topological polar surface area (TPSA) is 213 Å². The molecule has 38 heavy (non-hydrogen) atoms. The van der Waals surface area contributed by atoms with Crippen molar-refractivity contribution in [3.8, 4) is 5.75 Å². The van der Waals surface area contributed by atoms with E-state index in [1.807, 2.05) is 0 Å². The molecule has 17 heteroatoms. The molecule has 3 rings (SSSR count). The second-order valence-corrected chi connectivity index (χ2v) is 10.2. The number of nitrogen functional groups attached to an aromatic ring is 1. The number of aromatic nitrogens is 2. The predicted octanol–water partition coefficient (Wildman–Crippen LogP) is 2.19. The van der Waals surface area contributed by atoms with Crippen LogP contribution in [0.5, 0.6) is 5.75 Å². The summed E-state index contributed by atoms with van der Waals surface area (Å²) in [6.45, 7) is 3.51. The van der Waals surface area contributed by atoms with Crippen molar-refractivity contribution >= 4 is 19.5 Å². The third-order valence-corrected chi connectivity index (χ3v) is 6.78. The third-order valence-electron chi connectivity index (χ3n) is 5.15. The first-order valence-corrected chi connectivity index (χ1v) is 12.8. The Morgan fingerprint density at radius 2 is 2.08 bits per heavy atom. The number of nitrogens with one attached hydrogen (secondary N) is 1. The Balaban J connectivity index is 1.90. The van der Waals surface area contributed by atoms with Gasteiger partial charge in [-0.3, -0.25) is 13.9 Å². The molecule has 1 aliphatic heterocycles. The second-order valence-electron chi connectivity index (χ2n) is 8.49. The van der Waals surface area contributed by atoms with Crippen molar-refractivity contribution in [1.82, 2.24) is 14.6 Å². The van der Waals surface area contributed by atoms with E-state index in [1.54, 1.807) is 32.0 Å². The Labute approximate surface area is 215 Å². The molecule has 0 radical (unpaired) electrons. The highest BCUT2D eigenvalue weighted by atomic mass is 31.2. The standard InChI is InChI=1S/C21H27FN7O8P/c1-12(2)35-19(31)13(3)26-38(33,37-14-7-5-4-6-8-14)34-11-21(27-28-24)17(22)16(30)18(36-21)29-10-9-15(23)25-20(29)32/h4-10,12-13,16-18,30H,11H2,1-3H3,(H,26,33)(H2,23,25,32)/t13-,16+,17-,18+,21+,38?/m0/s1. The number of esters is 1. The minimum Gasteiger partial charge on any atom is -0.462 e. The quantitative estimate of drug-likeness (QED) is 0.120. The summed E-state index contributed by atoms with van der Waals surface area (Å²) in [7, 11) is -4.53. The molecule has 2 aromatic rings. The smallest absolute Gasteiger partial charge is 0.459 e. The van der Waals surface area contributed by atoms with Crippen molar-refractivity contribution in [2.45, 2.75) is 57.1 Å². The number of anilines is 1. The van der Waals surface area contributed by atoms with E-state index < -0.39 is 62.4 Å². The fourth-order valence-electron chi connectivity index (χ4n) is 3.40. The van der Waals surface area contributed by atoms with Crippen molar-refractivity contribution in [2.75, 3.05) is 12.3 Å². The molecule has 2 heterocycles. The van der Waals surface area contributed by atoms with Crippen molar-refractivity contribution < 1.29 is 37.4 Å². The minimum absolute atomic E-state index is 0.0622. The molecule has 206 valence electrons. The summed E-state index contributed by atoms with van der Waals surface area (Å²) in [6.07, 6.45) is -5.57. The molecule has 6 atom stereocenters. The van der Waals surface area contributed by atoms with Gasteiger partial charge in [-0.15, -0.1) is 0 Å². The van der Waals surface area contributed by atoms with E-state index in [2.05, 4.69) is 20.1 Å². The summed E-state index contributed by atoms with van der Waals surface area (Å²) >= 11 is 0. The Kier molecular flexibility index (Phi) is 9.09. The predicted molar refractivity (Wildman–Crippen MR) is 130 cm³/mol. The third kappa shape index (κ3) is 6.67. The number of aliphatic hydroxyl groups excluding tert-OH is 1. The molecule has 1 aromatic carbocycles. The summed E-state index contributed by atoms with van der Waals surface area (Å²) in [5.41, 5.74) is 11.0. The molecule has 1 fully saturated rings. The lowest BCUT2D eigenvalue weighted by atomic mass is 10.1. The minimum atomic E-state index is -4.53. The summed E-state index contributed by atoms with van der Waals surface area (Å²) in [4.78, 5) is 30.6. The van der Waals surface area contributed by atoms with Crippen molar-refractivity contribution in [1.29, 1.82) is 0 Å². The van der Waals surface area contributed by atoms with E-state index in [4.69, 9.17) is 29.8 Å². The van der Waals surface area contributed by atoms with Gasteiger partial charge in [0, 0.05) is 11.1 Å². The van der Waals surface area contributed by atoms with Gasteiger partial charge < -0.3 is 24.8 Å². The van der Waals surface area contributed by atoms with Gasteiger partial charge in [0.25, 0.3) is 0 Å². The van der Waals surface area contributed by atoms with Crippen LogP contribution < -0.4 is 21.0 Å². The molecule has 1 aromatic heterocycles. The fourth-order valence-corrected chi connectivity index (χ4v) is 4.92. The lowest BCUT2D eigenvalue weighted by Gasteiger charge is -2.29. The average Bonchev–Trinajstić information content (AvgIpc) is 3.09. The van der Waals surface area contributed by atoms with Crippen LogP contribution in [0, 0.1) is 0 Å². The molecule has 0 aliphatic carbocycles. The van der Waals surface area contributed by atoms with E-state index in [9.17, 15) is 19.3 Å². The van der Waals surface area contributed by atoms with Gasteiger partial charge in [-0.05, 0) is 44.5 Å². The molecular weight excluding hydrogens is 528 g/mol. The zero-order chi connectivity index (χ0) is 28.1. The molecule has 4 N–H and O–H groups in total. The Bertz CT molecular complexity index is 1290. The van der Waals surface area contributed by atoms with Gasteiger partial charge in [-0.2, -0.15) is 10.1 Å². The summed E-state index contributed by atoms with van der Waals surface area (Å²) in [6, 6.07) is 7.71.